The smallest absolute Gasteiger partial charge is 0.329 e. The number of likely N-dealkylation sites (N-methyl/N-ethyl adjacent to an activating group) is 1. The Kier molecular flexibility index (Phi) is 8.85. The summed E-state index contributed by atoms with van der Waals surface area (Å²) in [6.45, 7) is 2.30. The van der Waals surface area contributed by atoms with Gasteiger partial charge in [-0.2, -0.15) is 5.10 Å². The molecule has 158 valence electrons. The second-order valence-corrected chi connectivity index (χ2v) is 6.02. The third-order valence-corrected chi connectivity index (χ3v) is 3.80. The van der Waals surface area contributed by atoms with Crippen LogP contribution in [0.2, 0.25) is 0 Å². The number of hydrazone groups is 1. The first-order chi connectivity index (χ1) is 14.5. The molecule has 2 rings (SSSR count). The van der Waals surface area contributed by atoms with Crippen molar-refractivity contribution in [3.63, 3.8) is 0 Å². The second kappa shape index (κ2) is 11.8. The molecule has 3 amide bonds. The average molecular weight is 412 g/mol. The molecule has 9 nitrogen and oxygen atoms in total. The van der Waals surface area contributed by atoms with Gasteiger partial charge in [0.15, 0.2) is 18.1 Å². The van der Waals surface area contributed by atoms with Crippen molar-refractivity contribution in [3.05, 3.63) is 59.7 Å². The van der Waals surface area contributed by atoms with Crippen molar-refractivity contribution in [3.8, 4) is 11.5 Å². The van der Waals surface area contributed by atoms with E-state index in [4.69, 9.17) is 9.47 Å². The number of ether oxygens (including phenoxy) is 2. The maximum absolute atomic E-state index is 12.0. The van der Waals surface area contributed by atoms with Crippen LogP contribution in [0.5, 0.6) is 11.5 Å². The lowest BCUT2D eigenvalue weighted by atomic mass is 10.2. The minimum Gasteiger partial charge on any atom is -0.493 e. The molecule has 2 aromatic carbocycles. The van der Waals surface area contributed by atoms with E-state index in [0.29, 0.717) is 30.2 Å². The highest BCUT2D eigenvalue weighted by Crippen LogP contribution is 2.27. The molecule has 3 N–H and O–H groups in total. The quantitative estimate of drug-likeness (QED) is 0.322. The van der Waals surface area contributed by atoms with E-state index in [2.05, 4.69) is 21.2 Å². The summed E-state index contributed by atoms with van der Waals surface area (Å²) in [5.41, 5.74) is 3.72. The van der Waals surface area contributed by atoms with E-state index < -0.39 is 11.8 Å². The van der Waals surface area contributed by atoms with Gasteiger partial charge in [-0.05, 0) is 36.2 Å². The Bertz CT molecular complexity index is 900. The molecule has 2 aromatic rings. The molecule has 0 aliphatic carbocycles. The summed E-state index contributed by atoms with van der Waals surface area (Å²) in [7, 11) is 1.47. The third-order valence-electron chi connectivity index (χ3n) is 3.80. The lowest BCUT2D eigenvalue weighted by Crippen LogP contribution is -2.37. The highest BCUT2D eigenvalue weighted by Gasteiger charge is 2.11. The minimum atomic E-state index is -0.860. The summed E-state index contributed by atoms with van der Waals surface area (Å²) < 4.78 is 10.8. The first-order valence-corrected chi connectivity index (χ1v) is 9.26. The van der Waals surface area contributed by atoms with Gasteiger partial charge in [0.2, 0.25) is 0 Å². The second-order valence-electron chi connectivity index (χ2n) is 6.02. The van der Waals surface area contributed by atoms with Gasteiger partial charge in [-0.3, -0.25) is 14.4 Å². The number of rotatable bonds is 9. The van der Waals surface area contributed by atoms with E-state index in [1.807, 2.05) is 30.3 Å². The van der Waals surface area contributed by atoms with Gasteiger partial charge >= 0.3 is 11.8 Å². The minimum absolute atomic E-state index is 0.167. The zero-order valence-corrected chi connectivity index (χ0v) is 16.8. The average Bonchev–Trinajstić information content (AvgIpc) is 2.77. The molecule has 30 heavy (non-hydrogen) atoms. The van der Waals surface area contributed by atoms with Crippen LogP contribution in [0.25, 0.3) is 0 Å². The van der Waals surface area contributed by atoms with Gasteiger partial charge in [-0.15, -0.1) is 0 Å². The Morgan fingerprint density at radius 2 is 1.77 bits per heavy atom. The molecule has 0 aliphatic heterocycles. The Hall–Kier alpha value is -3.88. The molecular weight excluding hydrogens is 388 g/mol. The van der Waals surface area contributed by atoms with Crippen molar-refractivity contribution in [2.24, 2.45) is 5.10 Å². The summed E-state index contributed by atoms with van der Waals surface area (Å²) in [6, 6.07) is 14.5. The first kappa shape index (κ1) is 22.4. The van der Waals surface area contributed by atoms with E-state index >= 15 is 0 Å². The van der Waals surface area contributed by atoms with Crippen molar-refractivity contribution in [2.75, 3.05) is 20.3 Å². The normalized spacial score (nSPS) is 10.3. The Balaban J connectivity index is 1.87. The lowest BCUT2D eigenvalue weighted by molar-refractivity contribution is -0.139. The fourth-order valence-electron chi connectivity index (χ4n) is 2.33. The summed E-state index contributed by atoms with van der Waals surface area (Å²) in [4.78, 5) is 34.8. The van der Waals surface area contributed by atoms with Gasteiger partial charge in [0.05, 0.1) is 13.3 Å². The predicted octanol–water partition coefficient (Wildman–Crippen LogP) is 0.977. The summed E-state index contributed by atoms with van der Waals surface area (Å²) in [6.07, 6.45) is 1.36. The highest BCUT2D eigenvalue weighted by molar-refractivity contribution is 6.35. The maximum Gasteiger partial charge on any atom is 0.329 e. The van der Waals surface area contributed by atoms with Crippen molar-refractivity contribution in [2.45, 2.75) is 13.5 Å². The molecule has 0 fully saturated rings. The molecule has 0 spiro atoms. The first-order valence-electron chi connectivity index (χ1n) is 9.26. The molecule has 0 aliphatic rings. The maximum atomic E-state index is 12.0. The Morgan fingerprint density at radius 1 is 1.00 bits per heavy atom. The summed E-state index contributed by atoms with van der Waals surface area (Å²) in [5, 5.41) is 8.87. The number of carbonyl (C=O) groups is 3. The Morgan fingerprint density at radius 3 is 2.47 bits per heavy atom. The van der Waals surface area contributed by atoms with E-state index in [1.165, 1.54) is 13.3 Å². The van der Waals surface area contributed by atoms with Crippen LogP contribution in [0.4, 0.5) is 0 Å². The number of hydrogen-bond acceptors (Lipinski definition) is 6. The molecule has 0 aromatic heterocycles. The van der Waals surface area contributed by atoms with Crippen molar-refractivity contribution in [1.29, 1.82) is 0 Å². The van der Waals surface area contributed by atoms with Gasteiger partial charge < -0.3 is 20.1 Å². The van der Waals surface area contributed by atoms with E-state index in [1.54, 1.807) is 25.1 Å². The topological polar surface area (TPSA) is 118 Å². The van der Waals surface area contributed by atoms with Gasteiger partial charge in [0.1, 0.15) is 0 Å². The Labute approximate surface area is 174 Å². The zero-order chi connectivity index (χ0) is 21.8. The largest absolute Gasteiger partial charge is 0.493 e. The van der Waals surface area contributed by atoms with Crippen molar-refractivity contribution in [1.82, 2.24) is 16.1 Å². The fourth-order valence-corrected chi connectivity index (χ4v) is 2.33. The number of methoxy groups -OCH3 is 1. The van der Waals surface area contributed by atoms with Gasteiger partial charge in [0, 0.05) is 13.1 Å². The highest BCUT2D eigenvalue weighted by atomic mass is 16.5. The molecule has 0 saturated heterocycles. The van der Waals surface area contributed by atoms with Crippen LogP contribution in [-0.4, -0.2) is 44.2 Å². The summed E-state index contributed by atoms with van der Waals surface area (Å²) in [5.74, 6) is -1.11. The molecule has 0 atom stereocenters. The molecule has 0 radical (unpaired) electrons. The van der Waals surface area contributed by atoms with Crippen molar-refractivity contribution < 1.29 is 23.9 Å². The van der Waals surface area contributed by atoms with Crippen LogP contribution in [0.15, 0.2) is 53.6 Å². The SMILES string of the molecule is CCNC(=O)C(=O)N/N=C\c1ccc(OCC(=O)NCc2ccccc2)c(OC)c1. The standard InChI is InChI=1S/C21H24N4O5/c1-3-22-20(27)21(28)25-24-13-16-9-10-17(18(11-16)29-2)30-14-19(26)23-12-15-7-5-4-6-8-15/h4-11,13H,3,12,14H2,1-2H3,(H,22,27)(H,23,26)(H,25,28)/b24-13-. The molecule has 0 bridgehead atoms. The van der Waals surface area contributed by atoms with Crippen LogP contribution < -0.4 is 25.5 Å². The lowest BCUT2D eigenvalue weighted by Gasteiger charge is -2.11. The number of nitrogens with one attached hydrogen (secondary N) is 3. The number of amides is 3. The summed E-state index contributed by atoms with van der Waals surface area (Å²) >= 11 is 0. The van der Waals surface area contributed by atoms with Crippen LogP contribution in [-0.2, 0) is 20.9 Å². The molecule has 0 saturated carbocycles. The number of nitrogens with zero attached hydrogens (tertiary/aromatic N) is 1. The van der Waals surface area contributed by atoms with Gasteiger partial charge in [-0.1, -0.05) is 30.3 Å². The van der Waals surface area contributed by atoms with E-state index in [0.717, 1.165) is 5.56 Å². The third kappa shape index (κ3) is 7.27. The van der Waals surface area contributed by atoms with Crippen LogP contribution >= 0.6 is 0 Å². The fraction of sp³-hybridized carbons (Fsp3) is 0.238. The van der Waals surface area contributed by atoms with Crippen LogP contribution in [0, 0.1) is 0 Å². The zero-order valence-electron chi connectivity index (χ0n) is 16.8. The van der Waals surface area contributed by atoms with Crippen LogP contribution in [0.1, 0.15) is 18.1 Å². The van der Waals surface area contributed by atoms with E-state index in [-0.39, 0.29) is 12.5 Å². The number of carbonyl (C=O) groups excluding carboxylic acids is 3. The molecule has 9 heteroatoms. The number of hydrogen-bond donors (Lipinski definition) is 3. The monoisotopic (exact) mass is 412 g/mol. The van der Waals surface area contributed by atoms with Gasteiger partial charge in [0.25, 0.3) is 5.91 Å². The molecular formula is C21H24N4O5. The number of benzene rings is 2. The molecule has 0 unspecified atom stereocenters. The van der Waals surface area contributed by atoms with Gasteiger partial charge in [-0.25, -0.2) is 5.43 Å². The van der Waals surface area contributed by atoms with Crippen molar-refractivity contribution >= 4 is 23.9 Å². The molecule has 0 heterocycles. The predicted molar refractivity (Wildman–Crippen MR) is 111 cm³/mol. The van der Waals surface area contributed by atoms with E-state index in [9.17, 15) is 14.4 Å². The van der Waals surface area contributed by atoms with Crippen LogP contribution in [0.3, 0.4) is 0 Å².